The van der Waals surface area contributed by atoms with E-state index in [1.807, 2.05) is 11.8 Å². The van der Waals surface area contributed by atoms with Gasteiger partial charge in [0, 0.05) is 26.1 Å². The van der Waals surface area contributed by atoms with Gasteiger partial charge in [-0.05, 0) is 38.8 Å². The van der Waals surface area contributed by atoms with Crippen molar-refractivity contribution in [1.29, 1.82) is 0 Å². The molecule has 0 spiro atoms. The summed E-state index contributed by atoms with van der Waals surface area (Å²) >= 11 is 0. The molecule has 0 radical (unpaired) electrons. The molecule has 0 atom stereocenters. The number of carbonyl (C=O) groups is 3. The molecular formula is C18H36N4O4. The van der Waals surface area contributed by atoms with Crippen LogP contribution < -0.4 is 11.1 Å². The Hall–Kier alpha value is -1.67. The van der Waals surface area contributed by atoms with Crippen molar-refractivity contribution >= 4 is 17.8 Å². The summed E-state index contributed by atoms with van der Waals surface area (Å²) < 4.78 is 0. The number of hydrogen-bond donors (Lipinski definition) is 3. The van der Waals surface area contributed by atoms with Crippen LogP contribution in [-0.4, -0.2) is 78.5 Å². The number of amides is 2. The maximum atomic E-state index is 12.1. The van der Waals surface area contributed by atoms with Crippen molar-refractivity contribution in [3.05, 3.63) is 0 Å². The first-order valence-electron chi connectivity index (χ1n) is 9.60. The lowest BCUT2D eigenvalue weighted by Gasteiger charge is -2.26. The zero-order valence-corrected chi connectivity index (χ0v) is 16.3. The highest BCUT2D eigenvalue weighted by Gasteiger charge is 2.13. The highest BCUT2D eigenvalue weighted by Crippen LogP contribution is 1.99. The topological polar surface area (TPSA) is 116 Å². The van der Waals surface area contributed by atoms with Crippen LogP contribution in [0, 0.1) is 0 Å². The van der Waals surface area contributed by atoms with Crippen molar-refractivity contribution in [3.8, 4) is 0 Å². The van der Waals surface area contributed by atoms with E-state index in [4.69, 9.17) is 10.8 Å². The molecule has 0 saturated heterocycles. The lowest BCUT2D eigenvalue weighted by atomic mass is 10.2. The molecule has 0 aliphatic carbocycles. The van der Waals surface area contributed by atoms with Crippen LogP contribution in [0.25, 0.3) is 0 Å². The maximum Gasteiger partial charge on any atom is 0.317 e. The fourth-order valence-electron chi connectivity index (χ4n) is 2.73. The number of carbonyl (C=O) groups excluding carboxylic acids is 2. The monoisotopic (exact) mass is 372 g/mol. The highest BCUT2D eigenvalue weighted by molar-refractivity contribution is 5.78. The predicted octanol–water partition coefficient (Wildman–Crippen LogP) is 0.657. The van der Waals surface area contributed by atoms with Gasteiger partial charge in [-0.1, -0.05) is 20.3 Å². The van der Waals surface area contributed by atoms with Gasteiger partial charge in [-0.3, -0.25) is 24.2 Å². The van der Waals surface area contributed by atoms with Crippen LogP contribution >= 0.6 is 0 Å². The number of unbranched alkanes of at least 4 members (excludes halogenated alkanes) is 2. The van der Waals surface area contributed by atoms with E-state index in [2.05, 4.69) is 17.1 Å². The lowest BCUT2D eigenvalue weighted by Crippen LogP contribution is -2.43. The Labute approximate surface area is 157 Å². The van der Waals surface area contributed by atoms with Gasteiger partial charge in [0.05, 0.1) is 13.1 Å². The smallest absolute Gasteiger partial charge is 0.317 e. The molecule has 0 aromatic rings. The van der Waals surface area contributed by atoms with Crippen molar-refractivity contribution in [1.82, 2.24) is 15.1 Å². The van der Waals surface area contributed by atoms with Crippen molar-refractivity contribution in [2.24, 2.45) is 5.73 Å². The molecule has 0 aromatic heterocycles. The second-order valence-electron chi connectivity index (χ2n) is 6.57. The number of hydrogen-bond acceptors (Lipinski definition) is 5. The molecule has 0 aliphatic heterocycles. The quantitative estimate of drug-likeness (QED) is 0.323. The van der Waals surface area contributed by atoms with Gasteiger partial charge in [-0.2, -0.15) is 0 Å². The molecule has 0 unspecified atom stereocenters. The minimum absolute atomic E-state index is 0.0198. The average Bonchev–Trinajstić information content (AvgIpc) is 2.55. The zero-order valence-electron chi connectivity index (χ0n) is 16.3. The molecule has 0 fully saturated rings. The van der Waals surface area contributed by atoms with E-state index in [-0.39, 0.29) is 18.4 Å². The Balaban J connectivity index is 4.12. The molecule has 8 heteroatoms. The second-order valence-corrected chi connectivity index (χ2v) is 6.57. The van der Waals surface area contributed by atoms with Crippen LogP contribution in [0.4, 0.5) is 0 Å². The van der Waals surface area contributed by atoms with Crippen molar-refractivity contribution in [2.45, 2.75) is 52.4 Å². The van der Waals surface area contributed by atoms with Gasteiger partial charge >= 0.3 is 5.97 Å². The third-order valence-corrected chi connectivity index (χ3v) is 3.96. The van der Waals surface area contributed by atoms with Gasteiger partial charge in [0.1, 0.15) is 0 Å². The molecule has 0 aromatic carbocycles. The van der Waals surface area contributed by atoms with Crippen molar-refractivity contribution in [2.75, 3.05) is 45.8 Å². The van der Waals surface area contributed by atoms with E-state index in [0.717, 1.165) is 45.2 Å². The molecule has 2 amide bonds. The summed E-state index contributed by atoms with van der Waals surface area (Å²) in [5, 5.41) is 11.9. The van der Waals surface area contributed by atoms with Crippen LogP contribution in [0.2, 0.25) is 0 Å². The Bertz CT molecular complexity index is 418. The van der Waals surface area contributed by atoms with E-state index in [9.17, 15) is 14.4 Å². The van der Waals surface area contributed by atoms with Crippen molar-refractivity contribution < 1.29 is 19.5 Å². The molecule has 0 bridgehead atoms. The van der Waals surface area contributed by atoms with Gasteiger partial charge < -0.3 is 16.2 Å². The number of carboxylic acids is 1. The summed E-state index contributed by atoms with van der Waals surface area (Å²) in [6, 6.07) is 0. The standard InChI is InChI=1S/C18H36N4O4/c1-3-10-21(12-13-22(11-4-2)15-18(25)26)14-17(24)20-9-7-5-6-8-16(19)23/h3-15H2,1-2H3,(H2,19,23)(H,20,24)(H,25,26). The van der Waals surface area contributed by atoms with Crippen LogP contribution in [0.3, 0.4) is 0 Å². The first-order valence-corrected chi connectivity index (χ1v) is 9.60. The van der Waals surface area contributed by atoms with Crippen LogP contribution in [-0.2, 0) is 14.4 Å². The average molecular weight is 373 g/mol. The SMILES string of the molecule is CCCN(CCN(CCC)CC(=O)NCCCCCC(N)=O)CC(=O)O. The maximum absolute atomic E-state index is 12.1. The number of carboxylic acid groups (broad SMARTS) is 1. The summed E-state index contributed by atoms with van der Waals surface area (Å²) in [5.41, 5.74) is 5.08. The Morgan fingerprint density at radius 1 is 0.885 bits per heavy atom. The number of rotatable bonds is 17. The number of nitrogens with one attached hydrogen (secondary N) is 1. The third-order valence-electron chi connectivity index (χ3n) is 3.96. The highest BCUT2D eigenvalue weighted by atomic mass is 16.4. The summed E-state index contributed by atoms with van der Waals surface area (Å²) in [6.45, 7) is 7.89. The fourth-order valence-corrected chi connectivity index (χ4v) is 2.73. The van der Waals surface area contributed by atoms with Crippen molar-refractivity contribution in [3.63, 3.8) is 0 Å². The summed E-state index contributed by atoms with van der Waals surface area (Å²) in [6.07, 6.45) is 4.68. The Morgan fingerprint density at radius 2 is 1.46 bits per heavy atom. The van der Waals surface area contributed by atoms with E-state index in [1.165, 1.54) is 0 Å². The largest absolute Gasteiger partial charge is 0.480 e. The Morgan fingerprint density at radius 3 is 1.96 bits per heavy atom. The summed E-state index contributed by atoms with van der Waals surface area (Å²) in [7, 11) is 0. The number of nitrogens with two attached hydrogens (primary N) is 1. The lowest BCUT2D eigenvalue weighted by molar-refractivity contribution is -0.138. The van der Waals surface area contributed by atoms with Gasteiger partial charge in [0.15, 0.2) is 0 Å². The minimum atomic E-state index is -0.824. The molecule has 0 heterocycles. The number of nitrogens with zero attached hydrogens (tertiary/aromatic N) is 2. The molecule has 152 valence electrons. The zero-order chi connectivity index (χ0) is 19.8. The molecule has 26 heavy (non-hydrogen) atoms. The molecular weight excluding hydrogens is 336 g/mol. The van der Waals surface area contributed by atoms with Crippen LogP contribution in [0.1, 0.15) is 52.4 Å². The van der Waals surface area contributed by atoms with E-state index in [1.54, 1.807) is 0 Å². The van der Waals surface area contributed by atoms with Gasteiger partial charge in [0.25, 0.3) is 0 Å². The van der Waals surface area contributed by atoms with Gasteiger partial charge in [-0.25, -0.2) is 0 Å². The van der Waals surface area contributed by atoms with Gasteiger partial charge in [-0.15, -0.1) is 0 Å². The normalized spacial score (nSPS) is 11.1. The molecule has 8 nitrogen and oxygen atoms in total. The van der Waals surface area contributed by atoms with E-state index < -0.39 is 5.97 Å². The third kappa shape index (κ3) is 14.7. The molecule has 0 rings (SSSR count). The molecule has 4 N–H and O–H groups in total. The minimum Gasteiger partial charge on any atom is -0.480 e. The summed E-state index contributed by atoms with van der Waals surface area (Å²) in [4.78, 5) is 37.6. The summed E-state index contributed by atoms with van der Waals surface area (Å²) in [5.74, 6) is -1.13. The van der Waals surface area contributed by atoms with E-state index >= 15 is 0 Å². The molecule has 0 saturated carbocycles. The Kier molecular flexibility index (Phi) is 14.6. The fraction of sp³-hybridized carbons (Fsp3) is 0.833. The predicted molar refractivity (Wildman–Crippen MR) is 102 cm³/mol. The molecule has 0 aliphatic rings. The van der Waals surface area contributed by atoms with Gasteiger partial charge in [0.2, 0.25) is 11.8 Å². The van der Waals surface area contributed by atoms with Crippen LogP contribution in [0.5, 0.6) is 0 Å². The first kappa shape index (κ1) is 24.3. The number of primary amides is 1. The first-order chi connectivity index (χ1) is 12.4. The number of aliphatic carboxylic acids is 1. The van der Waals surface area contributed by atoms with Crippen LogP contribution in [0.15, 0.2) is 0 Å². The second kappa shape index (κ2) is 15.6. The van der Waals surface area contributed by atoms with E-state index in [0.29, 0.717) is 32.6 Å².